The van der Waals surface area contributed by atoms with Crippen molar-refractivity contribution in [2.24, 2.45) is 5.92 Å². The molecular weight excluding hydrogens is 264 g/mol. The van der Waals surface area contributed by atoms with Crippen molar-refractivity contribution in [3.8, 4) is 0 Å². The van der Waals surface area contributed by atoms with E-state index < -0.39 is 0 Å². The Labute approximate surface area is 126 Å². The molecule has 0 unspecified atom stereocenters. The number of hydrogen-bond donors (Lipinski definition) is 0. The first-order valence-corrected chi connectivity index (χ1v) is 7.93. The zero-order valence-electron chi connectivity index (χ0n) is 12.9. The van der Waals surface area contributed by atoms with Gasteiger partial charge in [-0.1, -0.05) is 30.3 Å². The molecule has 114 valence electrons. The molecule has 0 bridgehead atoms. The van der Waals surface area contributed by atoms with Crippen LogP contribution in [0.4, 0.5) is 4.79 Å². The number of hydrogen-bond acceptors (Lipinski definition) is 3. The predicted molar refractivity (Wildman–Crippen MR) is 82.1 cm³/mol. The van der Waals surface area contributed by atoms with Crippen LogP contribution < -0.4 is 0 Å². The minimum Gasteiger partial charge on any atom is -0.450 e. The maximum atomic E-state index is 11.9. The van der Waals surface area contributed by atoms with Gasteiger partial charge in [-0.3, -0.25) is 4.90 Å². The van der Waals surface area contributed by atoms with Crippen molar-refractivity contribution in [1.29, 1.82) is 0 Å². The fourth-order valence-corrected chi connectivity index (χ4v) is 3.76. The van der Waals surface area contributed by atoms with E-state index in [-0.39, 0.29) is 6.09 Å². The van der Waals surface area contributed by atoms with Crippen molar-refractivity contribution in [2.75, 3.05) is 26.2 Å². The normalized spacial score (nSPS) is 26.7. The molecular formula is C17H24N2O2. The fourth-order valence-electron chi connectivity index (χ4n) is 3.76. The van der Waals surface area contributed by atoms with Crippen LogP contribution in [0, 0.1) is 5.92 Å². The quantitative estimate of drug-likeness (QED) is 0.857. The predicted octanol–water partition coefficient (Wildman–Crippen LogP) is 2.91. The van der Waals surface area contributed by atoms with E-state index in [0.29, 0.717) is 24.6 Å². The van der Waals surface area contributed by atoms with Crippen molar-refractivity contribution in [3.63, 3.8) is 0 Å². The molecule has 0 spiro atoms. The van der Waals surface area contributed by atoms with E-state index in [9.17, 15) is 4.79 Å². The summed E-state index contributed by atoms with van der Waals surface area (Å²) in [5, 5.41) is 0. The molecule has 1 aromatic carbocycles. The van der Waals surface area contributed by atoms with Crippen LogP contribution in [0.15, 0.2) is 30.3 Å². The number of benzene rings is 1. The summed E-state index contributed by atoms with van der Waals surface area (Å²) in [5.74, 6) is 0.598. The van der Waals surface area contributed by atoms with Gasteiger partial charge in [0.2, 0.25) is 0 Å². The zero-order valence-corrected chi connectivity index (χ0v) is 12.9. The van der Waals surface area contributed by atoms with Crippen LogP contribution in [-0.4, -0.2) is 48.2 Å². The smallest absolute Gasteiger partial charge is 0.409 e. The highest BCUT2D eigenvalue weighted by atomic mass is 16.6. The largest absolute Gasteiger partial charge is 0.450 e. The molecule has 2 aliphatic rings. The molecule has 0 radical (unpaired) electrons. The first kappa shape index (κ1) is 14.4. The fraction of sp³-hybridized carbons (Fsp3) is 0.588. The Hall–Kier alpha value is -1.55. The van der Waals surface area contributed by atoms with Gasteiger partial charge in [-0.25, -0.2) is 4.79 Å². The van der Waals surface area contributed by atoms with Gasteiger partial charge >= 0.3 is 6.09 Å². The van der Waals surface area contributed by atoms with E-state index in [2.05, 4.69) is 42.2 Å². The summed E-state index contributed by atoms with van der Waals surface area (Å²) >= 11 is 0. The maximum absolute atomic E-state index is 11.9. The van der Waals surface area contributed by atoms with Gasteiger partial charge in [0.1, 0.15) is 0 Å². The molecule has 2 heterocycles. The first-order valence-electron chi connectivity index (χ1n) is 7.93. The molecule has 2 saturated heterocycles. The monoisotopic (exact) mass is 288 g/mol. The lowest BCUT2D eigenvalue weighted by Crippen LogP contribution is -2.38. The van der Waals surface area contributed by atoms with Gasteiger partial charge in [-0.05, 0) is 38.3 Å². The number of carbonyl (C=O) groups is 1. The molecule has 0 N–H and O–H groups in total. The summed E-state index contributed by atoms with van der Waals surface area (Å²) in [6, 6.07) is 11.5. The molecule has 4 heteroatoms. The number of amides is 1. The molecule has 3 atom stereocenters. The van der Waals surface area contributed by atoms with E-state index in [1.165, 1.54) is 12.0 Å². The van der Waals surface area contributed by atoms with Crippen LogP contribution in [0.1, 0.15) is 31.9 Å². The summed E-state index contributed by atoms with van der Waals surface area (Å²) in [6.45, 7) is 7.36. The molecule has 21 heavy (non-hydrogen) atoms. The Morgan fingerprint density at radius 3 is 2.81 bits per heavy atom. The van der Waals surface area contributed by atoms with E-state index in [1.807, 2.05) is 11.8 Å². The van der Waals surface area contributed by atoms with Crippen LogP contribution in [0.25, 0.3) is 0 Å². The van der Waals surface area contributed by atoms with Crippen LogP contribution in [0.2, 0.25) is 0 Å². The van der Waals surface area contributed by atoms with Gasteiger partial charge in [-0.2, -0.15) is 0 Å². The molecule has 2 fully saturated rings. The zero-order chi connectivity index (χ0) is 14.8. The van der Waals surface area contributed by atoms with Gasteiger partial charge in [-0.15, -0.1) is 0 Å². The average molecular weight is 288 g/mol. The van der Waals surface area contributed by atoms with E-state index in [4.69, 9.17) is 4.74 Å². The Morgan fingerprint density at radius 2 is 2.10 bits per heavy atom. The summed E-state index contributed by atoms with van der Waals surface area (Å²) < 4.78 is 5.14. The second kappa shape index (κ2) is 6.06. The van der Waals surface area contributed by atoms with Crippen LogP contribution in [0.3, 0.4) is 0 Å². The minimum absolute atomic E-state index is 0.154. The standard InChI is InChI=1S/C17H24N2O2/c1-3-21-17(20)18-11-15-9-10-19(16(15)12-18)13(2)14-7-5-4-6-8-14/h4-8,13,15-16H,3,9-12H2,1-2H3/t13-,15-,16+/m1/s1. The highest BCUT2D eigenvalue weighted by Crippen LogP contribution is 2.37. The molecule has 3 rings (SSSR count). The summed E-state index contributed by atoms with van der Waals surface area (Å²) in [5.41, 5.74) is 1.35. The second-order valence-corrected chi connectivity index (χ2v) is 6.04. The van der Waals surface area contributed by atoms with Gasteiger partial charge in [0, 0.05) is 25.2 Å². The van der Waals surface area contributed by atoms with Crippen molar-refractivity contribution in [2.45, 2.75) is 32.4 Å². The third kappa shape index (κ3) is 2.77. The SMILES string of the molecule is CCOC(=O)N1C[C@H]2CCN([C@H](C)c3ccccc3)[C@H]2C1. The van der Waals surface area contributed by atoms with Crippen molar-refractivity contribution in [3.05, 3.63) is 35.9 Å². The minimum atomic E-state index is -0.154. The molecule has 0 aliphatic carbocycles. The lowest BCUT2D eigenvalue weighted by Gasteiger charge is -2.30. The van der Waals surface area contributed by atoms with Crippen LogP contribution in [0.5, 0.6) is 0 Å². The van der Waals surface area contributed by atoms with Gasteiger partial charge < -0.3 is 9.64 Å². The second-order valence-electron chi connectivity index (χ2n) is 6.04. The molecule has 1 aromatic rings. The Morgan fingerprint density at radius 1 is 1.33 bits per heavy atom. The third-order valence-corrected chi connectivity index (χ3v) is 4.90. The van der Waals surface area contributed by atoms with Gasteiger partial charge in [0.15, 0.2) is 0 Å². The number of nitrogens with zero attached hydrogens (tertiary/aromatic N) is 2. The van der Waals surface area contributed by atoms with E-state index >= 15 is 0 Å². The molecule has 0 saturated carbocycles. The van der Waals surface area contributed by atoms with Crippen LogP contribution in [-0.2, 0) is 4.74 Å². The molecule has 1 amide bonds. The topological polar surface area (TPSA) is 32.8 Å². The van der Waals surface area contributed by atoms with Gasteiger partial charge in [0.05, 0.1) is 6.61 Å². The average Bonchev–Trinajstić information content (AvgIpc) is 3.08. The maximum Gasteiger partial charge on any atom is 0.409 e. The highest BCUT2D eigenvalue weighted by Gasteiger charge is 2.44. The number of fused-ring (bicyclic) bond motifs is 1. The number of ether oxygens (including phenoxy) is 1. The molecule has 2 aliphatic heterocycles. The Bertz CT molecular complexity index is 491. The third-order valence-electron chi connectivity index (χ3n) is 4.90. The number of rotatable bonds is 3. The van der Waals surface area contributed by atoms with Gasteiger partial charge in [0.25, 0.3) is 0 Å². The lowest BCUT2D eigenvalue weighted by atomic mass is 10.0. The van der Waals surface area contributed by atoms with E-state index in [0.717, 1.165) is 19.6 Å². The van der Waals surface area contributed by atoms with Crippen LogP contribution >= 0.6 is 0 Å². The first-order chi connectivity index (χ1) is 10.2. The molecule has 0 aromatic heterocycles. The highest BCUT2D eigenvalue weighted by molar-refractivity contribution is 5.68. The van der Waals surface area contributed by atoms with E-state index in [1.54, 1.807) is 0 Å². The lowest BCUT2D eigenvalue weighted by molar-refractivity contribution is 0.107. The Balaban J connectivity index is 1.68. The van der Waals surface area contributed by atoms with Crippen molar-refractivity contribution < 1.29 is 9.53 Å². The van der Waals surface area contributed by atoms with Crippen molar-refractivity contribution in [1.82, 2.24) is 9.80 Å². The Kier molecular flexibility index (Phi) is 4.15. The molecule has 4 nitrogen and oxygen atoms in total. The van der Waals surface area contributed by atoms with Crippen molar-refractivity contribution >= 4 is 6.09 Å². The number of likely N-dealkylation sites (tertiary alicyclic amines) is 2. The summed E-state index contributed by atoms with van der Waals surface area (Å²) in [7, 11) is 0. The number of carbonyl (C=O) groups excluding carboxylic acids is 1. The summed E-state index contributed by atoms with van der Waals surface area (Å²) in [4.78, 5) is 16.3. The summed E-state index contributed by atoms with van der Waals surface area (Å²) in [6.07, 6.45) is 1.02.